The van der Waals surface area contributed by atoms with Crippen LogP contribution in [0.2, 0.25) is 0 Å². The summed E-state index contributed by atoms with van der Waals surface area (Å²) < 4.78 is 0. The first-order chi connectivity index (χ1) is 10.5. The topological polar surface area (TPSA) is 103 Å². The van der Waals surface area contributed by atoms with Crippen molar-refractivity contribution in [2.24, 2.45) is 0 Å². The molecule has 22 heavy (non-hydrogen) atoms. The van der Waals surface area contributed by atoms with Gasteiger partial charge in [-0.05, 0) is 23.6 Å². The number of amides is 1. The number of hydrogen-bond acceptors (Lipinski definition) is 4. The van der Waals surface area contributed by atoms with E-state index >= 15 is 0 Å². The Morgan fingerprint density at radius 3 is 2.73 bits per heavy atom. The first kappa shape index (κ1) is 14.1. The number of fused-ring (bicyclic) bond motifs is 1. The molecule has 0 spiro atoms. The van der Waals surface area contributed by atoms with Crippen LogP contribution >= 0.6 is 0 Å². The molecule has 2 atom stereocenters. The molecular formula is C15H15N3O4. The lowest BCUT2D eigenvalue weighted by Gasteiger charge is -2.17. The van der Waals surface area contributed by atoms with Crippen LogP contribution in [0.4, 0.5) is 10.5 Å². The van der Waals surface area contributed by atoms with Crippen molar-refractivity contribution in [1.29, 1.82) is 0 Å². The zero-order valence-electron chi connectivity index (χ0n) is 11.6. The maximum absolute atomic E-state index is 11.1. The van der Waals surface area contributed by atoms with Crippen LogP contribution < -0.4 is 5.32 Å². The molecule has 0 saturated carbocycles. The Balaban J connectivity index is 1.77. The van der Waals surface area contributed by atoms with Gasteiger partial charge in [0, 0.05) is 42.5 Å². The van der Waals surface area contributed by atoms with Gasteiger partial charge in [-0.15, -0.1) is 0 Å². The average Bonchev–Trinajstić information content (AvgIpc) is 2.91. The van der Waals surface area contributed by atoms with Crippen molar-refractivity contribution in [1.82, 2.24) is 9.88 Å². The number of benzene rings is 1. The Kier molecular flexibility index (Phi) is 3.54. The van der Waals surface area contributed by atoms with Crippen LogP contribution in [-0.4, -0.2) is 50.8 Å². The minimum Gasteiger partial charge on any atom is -0.480 e. The number of carboxylic acid groups (broad SMARTS) is 2. The molecule has 0 bridgehead atoms. The number of nitrogens with one attached hydrogen (secondary N) is 1. The van der Waals surface area contributed by atoms with E-state index in [9.17, 15) is 9.59 Å². The highest BCUT2D eigenvalue weighted by Crippen LogP contribution is 2.24. The third-order valence-electron chi connectivity index (χ3n) is 3.84. The molecule has 0 unspecified atom stereocenters. The van der Waals surface area contributed by atoms with Gasteiger partial charge < -0.3 is 15.5 Å². The summed E-state index contributed by atoms with van der Waals surface area (Å²) >= 11 is 0. The number of carbonyl (C=O) groups is 2. The Morgan fingerprint density at radius 2 is 2.05 bits per heavy atom. The first-order valence-corrected chi connectivity index (χ1v) is 6.87. The third-order valence-corrected chi connectivity index (χ3v) is 3.84. The highest BCUT2D eigenvalue weighted by Gasteiger charge is 2.39. The summed E-state index contributed by atoms with van der Waals surface area (Å²) in [5.74, 6) is -1.11. The summed E-state index contributed by atoms with van der Waals surface area (Å²) in [6.45, 7) is 0.153. The molecular weight excluding hydrogens is 286 g/mol. The second kappa shape index (κ2) is 5.51. The predicted octanol–water partition coefficient (Wildman–Crippen LogP) is 1.85. The highest BCUT2D eigenvalue weighted by molar-refractivity contribution is 5.85. The SMILES string of the molecule is O=C(O)[C@@H]1C[C@H](Nc2ccc3cnccc3c2)CN1C(=O)O. The molecule has 2 heterocycles. The minimum absolute atomic E-state index is 0.153. The summed E-state index contributed by atoms with van der Waals surface area (Å²) in [5, 5.41) is 23.4. The van der Waals surface area contributed by atoms with Crippen molar-refractivity contribution in [2.45, 2.75) is 18.5 Å². The van der Waals surface area contributed by atoms with Gasteiger partial charge in [0.05, 0.1) is 0 Å². The van der Waals surface area contributed by atoms with Crippen LogP contribution in [-0.2, 0) is 4.79 Å². The maximum Gasteiger partial charge on any atom is 0.408 e. The number of likely N-dealkylation sites (tertiary alicyclic amines) is 1. The quantitative estimate of drug-likeness (QED) is 0.799. The summed E-state index contributed by atoms with van der Waals surface area (Å²) in [6, 6.07) is 6.40. The van der Waals surface area contributed by atoms with Crippen molar-refractivity contribution in [3.05, 3.63) is 36.7 Å². The normalized spacial score (nSPS) is 21.0. The summed E-state index contributed by atoms with van der Waals surface area (Å²) in [5.41, 5.74) is 0.833. The number of hydrogen-bond donors (Lipinski definition) is 3. The number of rotatable bonds is 3. The molecule has 1 aromatic carbocycles. The Labute approximate surface area is 126 Å². The minimum atomic E-state index is -1.21. The Morgan fingerprint density at radius 1 is 1.23 bits per heavy atom. The molecule has 1 amide bonds. The fourth-order valence-corrected chi connectivity index (χ4v) is 2.79. The van der Waals surface area contributed by atoms with Gasteiger partial charge in [-0.2, -0.15) is 0 Å². The first-order valence-electron chi connectivity index (χ1n) is 6.87. The lowest BCUT2D eigenvalue weighted by molar-refractivity contribution is -0.141. The average molecular weight is 301 g/mol. The molecule has 3 rings (SSSR count). The van der Waals surface area contributed by atoms with Crippen LogP contribution in [0.3, 0.4) is 0 Å². The Hall–Kier alpha value is -2.83. The van der Waals surface area contributed by atoms with E-state index in [4.69, 9.17) is 10.2 Å². The number of aromatic nitrogens is 1. The van der Waals surface area contributed by atoms with E-state index in [1.54, 1.807) is 12.4 Å². The van der Waals surface area contributed by atoms with Crippen LogP contribution in [0, 0.1) is 0 Å². The lowest BCUT2D eigenvalue weighted by atomic mass is 10.1. The highest BCUT2D eigenvalue weighted by atomic mass is 16.4. The summed E-state index contributed by atoms with van der Waals surface area (Å²) in [4.78, 5) is 27.3. The second-order valence-corrected chi connectivity index (χ2v) is 5.30. The maximum atomic E-state index is 11.1. The molecule has 1 aliphatic rings. The summed E-state index contributed by atoms with van der Waals surface area (Å²) in [6.07, 6.45) is 2.51. The van der Waals surface area contributed by atoms with Crippen molar-refractivity contribution < 1.29 is 19.8 Å². The van der Waals surface area contributed by atoms with Crippen molar-refractivity contribution >= 4 is 28.5 Å². The predicted molar refractivity (Wildman–Crippen MR) is 79.9 cm³/mol. The number of anilines is 1. The van der Waals surface area contributed by atoms with Gasteiger partial charge in [0.15, 0.2) is 0 Å². The number of carboxylic acids is 1. The van der Waals surface area contributed by atoms with Crippen LogP contribution in [0.1, 0.15) is 6.42 Å². The fraction of sp³-hybridized carbons (Fsp3) is 0.267. The van der Waals surface area contributed by atoms with Gasteiger partial charge in [0.25, 0.3) is 0 Å². The van der Waals surface area contributed by atoms with E-state index in [1.165, 1.54) is 0 Å². The zero-order chi connectivity index (χ0) is 15.7. The third kappa shape index (κ3) is 2.65. The van der Waals surface area contributed by atoms with E-state index in [-0.39, 0.29) is 19.0 Å². The lowest BCUT2D eigenvalue weighted by Crippen LogP contribution is -2.39. The smallest absolute Gasteiger partial charge is 0.408 e. The van der Waals surface area contributed by atoms with Gasteiger partial charge in [0.2, 0.25) is 0 Å². The molecule has 0 radical (unpaired) electrons. The van der Waals surface area contributed by atoms with Crippen molar-refractivity contribution in [3.8, 4) is 0 Å². The van der Waals surface area contributed by atoms with Gasteiger partial charge in [-0.3, -0.25) is 9.88 Å². The monoisotopic (exact) mass is 301 g/mol. The molecule has 0 aliphatic carbocycles. The number of pyridine rings is 1. The molecule has 1 saturated heterocycles. The molecule has 1 aromatic heterocycles. The van der Waals surface area contributed by atoms with Crippen molar-refractivity contribution in [2.75, 3.05) is 11.9 Å². The van der Waals surface area contributed by atoms with Crippen LogP contribution in [0.15, 0.2) is 36.7 Å². The molecule has 1 aliphatic heterocycles. The van der Waals surface area contributed by atoms with Gasteiger partial charge in [0.1, 0.15) is 6.04 Å². The summed E-state index contributed by atoms with van der Waals surface area (Å²) in [7, 11) is 0. The van der Waals surface area contributed by atoms with Crippen LogP contribution in [0.25, 0.3) is 10.8 Å². The van der Waals surface area contributed by atoms with E-state index in [1.807, 2.05) is 24.3 Å². The van der Waals surface area contributed by atoms with Crippen molar-refractivity contribution in [3.63, 3.8) is 0 Å². The zero-order valence-corrected chi connectivity index (χ0v) is 11.6. The molecule has 7 heteroatoms. The number of nitrogens with zero attached hydrogens (tertiary/aromatic N) is 2. The molecule has 3 N–H and O–H groups in total. The van der Waals surface area contributed by atoms with E-state index < -0.39 is 18.1 Å². The van der Waals surface area contributed by atoms with Crippen LogP contribution in [0.5, 0.6) is 0 Å². The van der Waals surface area contributed by atoms with Gasteiger partial charge >= 0.3 is 12.1 Å². The van der Waals surface area contributed by atoms with Gasteiger partial charge in [-0.1, -0.05) is 6.07 Å². The molecule has 7 nitrogen and oxygen atoms in total. The molecule has 114 valence electrons. The fourth-order valence-electron chi connectivity index (χ4n) is 2.79. The second-order valence-electron chi connectivity index (χ2n) is 5.30. The Bertz CT molecular complexity index is 712. The van der Waals surface area contributed by atoms with Gasteiger partial charge in [-0.25, -0.2) is 9.59 Å². The molecule has 2 aromatic rings. The number of aliphatic carboxylic acids is 1. The van der Waals surface area contributed by atoms with E-state index in [0.717, 1.165) is 21.4 Å². The van der Waals surface area contributed by atoms with E-state index in [2.05, 4.69) is 10.3 Å². The standard InChI is InChI=1S/C15H15N3O4/c19-14(20)13-6-12(8-18(13)15(21)22)17-11-2-1-10-7-16-4-3-9(10)5-11/h1-5,7,12-13,17H,6,8H2,(H,19,20)(H,21,22)/t12-,13-/m0/s1. The molecule has 1 fully saturated rings. The van der Waals surface area contributed by atoms with E-state index in [0.29, 0.717) is 0 Å². The largest absolute Gasteiger partial charge is 0.480 e.